The molecule has 1 rings (SSSR count). The van der Waals surface area contributed by atoms with Crippen LogP contribution < -0.4 is 0 Å². The molecule has 12 heavy (non-hydrogen) atoms. The molecule has 0 radical (unpaired) electrons. The Kier molecular flexibility index (Phi) is 2.46. The second-order valence-electron chi connectivity index (χ2n) is 2.45. The summed E-state index contributed by atoms with van der Waals surface area (Å²) in [4.78, 5) is 4.21. The molecular weight excluding hydrogens is 148 g/mol. The topological polar surface area (TPSA) is 36.7 Å². The van der Waals surface area contributed by atoms with Crippen molar-refractivity contribution in [1.29, 1.82) is 5.26 Å². The smallest absolute Gasteiger partial charge is 0.152 e. The van der Waals surface area contributed by atoms with Gasteiger partial charge in [0.25, 0.3) is 0 Å². The lowest BCUT2D eigenvalue weighted by Gasteiger charge is -1.96. The number of hydrogen-bond acceptors (Lipinski definition) is 2. The van der Waals surface area contributed by atoms with Gasteiger partial charge in [-0.1, -0.05) is 0 Å². The van der Waals surface area contributed by atoms with E-state index in [9.17, 15) is 0 Å². The van der Waals surface area contributed by atoms with Gasteiger partial charge in [0.1, 0.15) is 0 Å². The quantitative estimate of drug-likeness (QED) is 0.534. The Bertz CT molecular complexity index is 389. The molecular formula is C10H8N2. The Morgan fingerprint density at radius 2 is 2.08 bits per heavy atom. The summed E-state index contributed by atoms with van der Waals surface area (Å²) in [7, 11) is 0. The summed E-state index contributed by atoms with van der Waals surface area (Å²) >= 11 is 0. The summed E-state index contributed by atoms with van der Waals surface area (Å²) in [6, 6.07) is 5.53. The molecule has 0 aromatic carbocycles. The van der Waals surface area contributed by atoms with Gasteiger partial charge < -0.3 is 0 Å². The van der Waals surface area contributed by atoms with Crippen LogP contribution in [-0.2, 0) is 0 Å². The number of nitriles is 1. The number of rotatable bonds is 0. The maximum absolute atomic E-state index is 8.23. The third-order valence-electron chi connectivity index (χ3n) is 1.48. The molecule has 1 heterocycles. The summed E-state index contributed by atoms with van der Waals surface area (Å²) < 4.78 is 0. The summed E-state index contributed by atoms with van der Waals surface area (Å²) in [5.41, 5.74) is 2.66. The lowest BCUT2D eigenvalue weighted by Crippen LogP contribution is -1.89. The number of pyridine rings is 1. The van der Waals surface area contributed by atoms with E-state index in [1.807, 2.05) is 26.0 Å². The fourth-order valence-corrected chi connectivity index (χ4v) is 0.914. The minimum absolute atomic E-state index is 0.821. The van der Waals surface area contributed by atoms with E-state index in [1.54, 1.807) is 6.07 Å². The van der Waals surface area contributed by atoms with Crippen LogP contribution in [0.15, 0.2) is 12.1 Å². The monoisotopic (exact) mass is 156 g/mol. The van der Waals surface area contributed by atoms with Gasteiger partial charge >= 0.3 is 0 Å². The van der Waals surface area contributed by atoms with E-state index in [1.165, 1.54) is 0 Å². The Labute approximate surface area is 71.9 Å². The van der Waals surface area contributed by atoms with Crippen molar-refractivity contribution >= 4 is 0 Å². The van der Waals surface area contributed by atoms with Crippen molar-refractivity contribution < 1.29 is 0 Å². The number of aromatic nitrogens is 1. The van der Waals surface area contributed by atoms with E-state index < -0.39 is 0 Å². The van der Waals surface area contributed by atoms with E-state index in [-0.39, 0.29) is 0 Å². The van der Waals surface area contributed by atoms with Crippen LogP contribution in [0, 0.1) is 37.0 Å². The average Bonchev–Trinajstić information content (AvgIpc) is 2.03. The van der Waals surface area contributed by atoms with E-state index in [0.717, 1.165) is 17.0 Å². The standard InChI is InChI=1S/C10H8N2/c1-8-5-6-10(4-3-7-11)9(2)12-8/h5-6H,1-2H3. The van der Waals surface area contributed by atoms with Crippen molar-refractivity contribution in [3.63, 3.8) is 0 Å². The largest absolute Gasteiger partial charge is 0.257 e. The summed E-state index contributed by atoms with van der Waals surface area (Å²) in [6.07, 6.45) is 0. The molecule has 0 atom stereocenters. The number of nitrogens with zero attached hydrogens (tertiary/aromatic N) is 2. The first-order valence-electron chi connectivity index (χ1n) is 3.58. The molecule has 0 aliphatic heterocycles. The van der Waals surface area contributed by atoms with Crippen molar-refractivity contribution in [2.24, 2.45) is 0 Å². The molecule has 0 aliphatic rings. The minimum atomic E-state index is 0.821. The van der Waals surface area contributed by atoms with Gasteiger partial charge in [0.15, 0.2) is 6.07 Å². The van der Waals surface area contributed by atoms with Crippen LogP contribution in [0.1, 0.15) is 17.0 Å². The first-order chi connectivity index (χ1) is 5.74. The molecule has 0 bridgehead atoms. The molecule has 1 aromatic heterocycles. The van der Waals surface area contributed by atoms with Gasteiger partial charge in [-0.15, -0.1) is 0 Å². The van der Waals surface area contributed by atoms with Crippen molar-refractivity contribution in [3.05, 3.63) is 29.1 Å². The zero-order valence-corrected chi connectivity index (χ0v) is 7.05. The molecule has 1 aromatic rings. The van der Waals surface area contributed by atoms with Crippen molar-refractivity contribution in [2.45, 2.75) is 13.8 Å². The summed E-state index contributed by atoms with van der Waals surface area (Å²) in [5.74, 6) is 5.06. The van der Waals surface area contributed by atoms with Crippen LogP contribution in [-0.4, -0.2) is 4.98 Å². The minimum Gasteiger partial charge on any atom is -0.257 e. The Hall–Kier alpha value is -1.80. The Balaban J connectivity index is 3.12. The summed E-state index contributed by atoms with van der Waals surface area (Å²) in [5, 5.41) is 8.23. The SMILES string of the molecule is Cc1ccc(C#CC#N)c(C)n1. The van der Waals surface area contributed by atoms with Crippen LogP contribution >= 0.6 is 0 Å². The van der Waals surface area contributed by atoms with Gasteiger partial charge in [0, 0.05) is 17.2 Å². The van der Waals surface area contributed by atoms with Gasteiger partial charge in [0.05, 0.1) is 5.69 Å². The predicted molar refractivity (Wildman–Crippen MR) is 46.2 cm³/mol. The van der Waals surface area contributed by atoms with Crippen LogP contribution in [0.4, 0.5) is 0 Å². The molecule has 0 unspecified atom stereocenters. The van der Waals surface area contributed by atoms with Gasteiger partial charge in [-0.25, -0.2) is 0 Å². The highest BCUT2D eigenvalue weighted by atomic mass is 14.7. The highest BCUT2D eigenvalue weighted by molar-refractivity contribution is 5.40. The molecule has 0 saturated heterocycles. The molecule has 0 aliphatic carbocycles. The van der Waals surface area contributed by atoms with Crippen molar-refractivity contribution in [1.82, 2.24) is 4.98 Å². The van der Waals surface area contributed by atoms with Crippen LogP contribution in [0.3, 0.4) is 0 Å². The molecule has 0 amide bonds. The highest BCUT2D eigenvalue weighted by Gasteiger charge is 1.94. The van der Waals surface area contributed by atoms with Crippen LogP contribution in [0.25, 0.3) is 0 Å². The maximum atomic E-state index is 8.23. The first kappa shape index (κ1) is 8.30. The van der Waals surface area contributed by atoms with Crippen molar-refractivity contribution in [2.75, 3.05) is 0 Å². The fourth-order valence-electron chi connectivity index (χ4n) is 0.914. The molecule has 0 fully saturated rings. The normalized spacial score (nSPS) is 8.08. The molecule has 0 spiro atoms. The summed E-state index contributed by atoms with van der Waals surface area (Å²) in [6.45, 7) is 3.81. The second-order valence-corrected chi connectivity index (χ2v) is 2.45. The third kappa shape index (κ3) is 1.84. The first-order valence-corrected chi connectivity index (χ1v) is 3.58. The number of hydrogen-bond donors (Lipinski definition) is 0. The van der Waals surface area contributed by atoms with E-state index in [0.29, 0.717) is 0 Å². The van der Waals surface area contributed by atoms with Gasteiger partial charge in [-0.05, 0) is 31.9 Å². The van der Waals surface area contributed by atoms with Crippen LogP contribution in [0.2, 0.25) is 0 Å². The van der Waals surface area contributed by atoms with E-state index in [4.69, 9.17) is 5.26 Å². The van der Waals surface area contributed by atoms with Gasteiger partial charge in [-0.2, -0.15) is 5.26 Å². The van der Waals surface area contributed by atoms with Gasteiger partial charge in [0.2, 0.25) is 0 Å². The highest BCUT2D eigenvalue weighted by Crippen LogP contribution is 2.03. The molecule has 2 heteroatoms. The molecule has 0 N–H and O–H groups in total. The third-order valence-corrected chi connectivity index (χ3v) is 1.48. The van der Waals surface area contributed by atoms with Gasteiger partial charge in [-0.3, -0.25) is 4.98 Å². The van der Waals surface area contributed by atoms with Crippen LogP contribution in [0.5, 0.6) is 0 Å². The number of aryl methyl sites for hydroxylation is 2. The maximum Gasteiger partial charge on any atom is 0.152 e. The molecule has 0 saturated carbocycles. The van der Waals surface area contributed by atoms with E-state index in [2.05, 4.69) is 16.8 Å². The fraction of sp³-hybridized carbons (Fsp3) is 0.200. The Morgan fingerprint density at radius 1 is 1.33 bits per heavy atom. The van der Waals surface area contributed by atoms with E-state index >= 15 is 0 Å². The molecule has 58 valence electrons. The molecule has 2 nitrogen and oxygen atoms in total. The average molecular weight is 156 g/mol. The zero-order chi connectivity index (χ0) is 8.97. The lowest BCUT2D eigenvalue weighted by molar-refractivity contribution is 1.11. The Morgan fingerprint density at radius 3 is 2.67 bits per heavy atom. The second kappa shape index (κ2) is 3.55. The zero-order valence-electron chi connectivity index (χ0n) is 7.05. The van der Waals surface area contributed by atoms with Crippen molar-refractivity contribution in [3.8, 4) is 17.9 Å². The predicted octanol–water partition coefficient (Wildman–Crippen LogP) is 1.57. The lowest BCUT2D eigenvalue weighted by atomic mass is 10.2.